The number of fused-ring (bicyclic) bond motifs is 3. The fraction of sp³-hybridized carbons (Fsp3) is 0.294. The lowest BCUT2D eigenvalue weighted by Crippen LogP contribution is -2.13. The summed E-state index contributed by atoms with van der Waals surface area (Å²) >= 11 is 0. The third-order valence-corrected chi connectivity index (χ3v) is 3.72. The Balaban J connectivity index is 1.93. The van der Waals surface area contributed by atoms with E-state index < -0.39 is 0 Å². The van der Waals surface area contributed by atoms with Gasteiger partial charge in [-0.25, -0.2) is 0 Å². The largest absolute Gasteiger partial charge is 0.382 e. The Morgan fingerprint density at radius 1 is 1.17 bits per heavy atom. The number of benzene rings is 2. The van der Waals surface area contributed by atoms with Crippen molar-refractivity contribution in [3.8, 4) is 11.1 Å². The van der Waals surface area contributed by atoms with Crippen LogP contribution < -0.4 is 5.32 Å². The third-order valence-electron chi connectivity index (χ3n) is 3.72. The highest BCUT2D eigenvalue weighted by Crippen LogP contribution is 2.37. The van der Waals surface area contributed by atoms with Gasteiger partial charge in [0.1, 0.15) is 0 Å². The molecular formula is C17H18N. The summed E-state index contributed by atoms with van der Waals surface area (Å²) in [7, 11) is 0. The standard InChI is InChI=1S/C17H18N/c1-3-12(2)18-15-8-9-17-14(11-15)10-13-6-4-5-7-16(13)17/h4-9,12,18H,3,10H2,1-2H3. The number of rotatable bonds is 3. The molecule has 0 fully saturated rings. The lowest BCUT2D eigenvalue weighted by molar-refractivity contribution is 0.764. The smallest absolute Gasteiger partial charge is 0.0426 e. The monoisotopic (exact) mass is 236 g/mol. The van der Waals surface area contributed by atoms with Gasteiger partial charge in [-0.2, -0.15) is 0 Å². The van der Waals surface area contributed by atoms with Crippen LogP contribution in [0.2, 0.25) is 0 Å². The zero-order valence-corrected chi connectivity index (χ0v) is 11.0. The van der Waals surface area contributed by atoms with E-state index >= 15 is 0 Å². The Morgan fingerprint density at radius 3 is 2.83 bits per heavy atom. The van der Waals surface area contributed by atoms with Crippen molar-refractivity contribution in [3.63, 3.8) is 0 Å². The number of hydrogen-bond donors (Lipinski definition) is 1. The van der Waals surface area contributed by atoms with Gasteiger partial charge in [0, 0.05) is 17.8 Å². The summed E-state index contributed by atoms with van der Waals surface area (Å²) in [5.74, 6) is 0. The Morgan fingerprint density at radius 2 is 2.00 bits per heavy atom. The zero-order chi connectivity index (χ0) is 12.5. The molecule has 0 saturated heterocycles. The van der Waals surface area contributed by atoms with Crippen molar-refractivity contribution in [2.24, 2.45) is 0 Å². The second-order valence-electron chi connectivity index (χ2n) is 5.05. The Hall–Kier alpha value is -1.76. The van der Waals surface area contributed by atoms with Gasteiger partial charge in [0.25, 0.3) is 0 Å². The molecule has 0 aromatic heterocycles. The van der Waals surface area contributed by atoms with Gasteiger partial charge in [0.15, 0.2) is 0 Å². The molecule has 91 valence electrons. The number of hydrogen-bond acceptors (Lipinski definition) is 1. The molecule has 18 heavy (non-hydrogen) atoms. The summed E-state index contributed by atoms with van der Waals surface area (Å²) in [6.07, 6.45) is 2.15. The van der Waals surface area contributed by atoms with E-state index in [0.29, 0.717) is 6.04 Å². The molecule has 1 aliphatic carbocycles. The summed E-state index contributed by atoms with van der Waals surface area (Å²) in [5, 5.41) is 3.49. The lowest BCUT2D eigenvalue weighted by Gasteiger charge is -2.13. The summed E-state index contributed by atoms with van der Waals surface area (Å²) in [6, 6.07) is 17.0. The van der Waals surface area contributed by atoms with E-state index in [9.17, 15) is 0 Å². The molecule has 0 saturated carbocycles. The average molecular weight is 236 g/mol. The van der Waals surface area contributed by atoms with Gasteiger partial charge in [0.05, 0.1) is 0 Å². The minimum Gasteiger partial charge on any atom is -0.382 e. The van der Waals surface area contributed by atoms with E-state index in [1.807, 2.05) is 0 Å². The molecule has 0 bridgehead atoms. The second-order valence-corrected chi connectivity index (χ2v) is 5.05. The van der Waals surface area contributed by atoms with Crippen LogP contribution in [0, 0.1) is 6.07 Å². The molecule has 1 heteroatoms. The number of nitrogens with one attached hydrogen (secondary N) is 1. The summed E-state index contributed by atoms with van der Waals surface area (Å²) in [4.78, 5) is 0. The van der Waals surface area contributed by atoms with Gasteiger partial charge in [0.2, 0.25) is 0 Å². The number of anilines is 1. The van der Waals surface area contributed by atoms with Crippen molar-refractivity contribution in [2.75, 3.05) is 5.32 Å². The fourth-order valence-electron chi connectivity index (χ4n) is 2.51. The molecular weight excluding hydrogens is 218 g/mol. The van der Waals surface area contributed by atoms with Crippen LogP contribution in [0.25, 0.3) is 11.1 Å². The van der Waals surface area contributed by atoms with E-state index in [-0.39, 0.29) is 0 Å². The summed E-state index contributed by atoms with van der Waals surface area (Å²) < 4.78 is 0. The molecule has 0 amide bonds. The van der Waals surface area contributed by atoms with Crippen LogP contribution in [0.15, 0.2) is 36.4 Å². The van der Waals surface area contributed by atoms with E-state index in [4.69, 9.17) is 0 Å². The zero-order valence-electron chi connectivity index (χ0n) is 11.0. The first kappa shape index (κ1) is 11.3. The third kappa shape index (κ3) is 1.90. The van der Waals surface area contributed by atoms with E-state index in [2.05, 4.69) is 61.6 Å². The molecule has 2 aromatic rings. The predicted molar refractivity (Wildman–Crippen MR) is 76.9 cm³/mol. The maximum atomic E-state index is 3.53. The van der Waals surface area contributed by atoms with Crippen LogP contribution in [-0.2, 0) is 6.42 Å². The van der Waals surface area contributed by atoms with Crippen molar-refractivity contribution < 1.29 is 0 Å². The molecule has 1 atom stereocenters. The molecule has 0 heterocycles. The van der Waals surface area contributed by atoms with Crippen molar-refractivity contribution in [2.45, 2.75) is 32.7 Å². The van der Waals surface area contributed by atoms with E-state index in [1.165, 1.54) is 22.3 Å². The summed E-state index contributed by atoms with van der Waals surface area (Å²) in [6.45, 7) is 4.40. The maximum Gasteiger partial charge on any atom is 0.0426 e. The molecule has 0 aliphatic heterocycles. The van der Waals surface area contributed by atoms with Crippen LogP contribution in [-0.4, -0.2) is 6.04 Å². The average Bonchev–Trinajstić information content (AvgIpc) is 2.76. The first-order chi connectivity index (χ1) is 8.78. The second kappa shape index (κ2) is 4.49. The molecule has 2 aromatic carbocycles. The topological polar surface area (TPSA) is 12.0 Å². The highest BCUT2D eigenvalue weighted by atomic mass is 14.9. The van der Waals surface area contributed by atoms with Gasteiger partial charge in [-0.3, -0.25) is 0 Å². The molecule has 1 unspecified atom stereocenters. The first-order valence-electron chi connectivity index (χ1n) is 6.68. The normalized spacial score (nSPS) is 13.9. The minimum atomic E-state index is 0.503. The fourth-order valence-corrected chi connectivity index (χ4v) is 2.51. The molecule has 1 aliphatic rings. The Labute approximate surface area is 109 Å². The minimum absolute atomic E-state index is 0.503. The first-order valence-corrected chi connectivity index (χ1v) is 6.68. The van der Waals surface area contributed by atoms with E-state index in [0.717, 1.165) is 18.5 Å². The van der Waals surface area contributed by atoms with Crippen molar-refractivity contribution in [1.29, 1.82) is 0 Å². The molecule has 1 N–H and O–H groups in total. The van der Waals surface area contributed by atoms with Crippen molar-refractivity contribution in [3.05, 3.63) is 53.6 Å². The highest BCUT2D eigenvalue weighted by molar-refractivity contribution is 5.78. The van der Waals surface area contributed by atoms with Crippen LogP contribution in [0.5, 0.6) is 0 Å². The van der Waals surface area contributed by atoms with Crippen LogP contribution >= 0.6 is 0 Å². The molecule has 0 spiro atoms. The Bertz CT molecular complexity index is 572. The van der Waals surface area contributed by atoms with Gasteiger partial charge in [-0.15, -0.1) is 0 Å². The van der Waals surface area contributed by atoms with Gasteiger partial charge < -0.3 is 5.32 Å². The Kier molecular flexibility index (Phi) is 2.83. The highest BCUT2D eigenvalue weighted by Gasteiger charge is 2.18. The van der Waals surface area contributed by atoms with Crippen molar-refractivity contribution >= 4 is 5.69 Å². The van der Waals surface area contributed by atoms with Gasteiger partial charge in [-0.1, -0.05) is 37.3 Å². The maximum absolute atomic E-state index is 3.53. The summed E-state index contributed by atoms with van der Waals surface area (Å²) in [5.41, 5.74) is 6.59. The van der Waals surface area contributed by atoms with Crippen LogP contribution in [0.4, 0.5) is 5.69 Å². The molecule has 1 nitrogen and oxygen atoms in total. The lowest BCUT2D eigenvalue weighted by atomic mass is 10.1. The predicted octanol–water partition coefficient (Wildman–Crippen LogP) is 4.27. The molecule has 3 rings (SSSR count). The quantitative estimate of drug-likeness (QED) is 0.716. The van der Waals surface area contributed by atoms with E-state index in [1.54, 1.807) is 0 Å². The van der Waals surface area contributed by atoms with Crippen LogP contribution in [0.1, 0.15) is 31.4 Å². The van der Waals surface area contributed by atoms with Gasteiger partial charge in [-0.05, 0) is 48.1 Å². The van der Waals surface area contributed by atoms with Crippen molar-refractivity contribution in [1.82, 2.24) is 0 Å². The van der Waals surface area contributed by atoms with Crippen LogP contribution in [0.3, 0.4) is 0 Å². The SMILES string of the molecule is CCC(C)Nc1[c]c2c(cc1)-c1ccccc1C2. The van der Waals surface area contributed by atoms with Gasteiger partial charge >= 0.3 is 0 Å². The molecule has 1 radical (unpaired) electrons.